The number of halogens is 1. The number of morpholine rings is 1. The van der Waals surface area contributed by atoms with Gasteiger partial charge < -0.3 is 15.0 Å². The summed E-state index contributed by atoms with van der Waals surface area (Å²) in [6, 6.07) is 9.49. The molecule has 1 saturated carbocycles. The van der Waals surface area contributed by atoms with Crippen LogP contribution in [0.15, 0.2) is 29.0 Å². The molecular formula is C20H24BrN5O. The zero-order valence-electron chi connectivity index (χ0n) is 15.2. The maximum atomic E-state index is 5.49. The van der Waals surface area contributed by atoms with E-state index in [1.165, 1.54) is 31.1 Å². The molecule has 1 saturated heterocycles. The highest BCUT2D eigenvalue weighted by atomic mass is 79.9. The third-order valence-corrected chi connectivity index (χ3v) is 6.29. The van der Waals surface area contributed by atoms with Crippen LogP contribution in [0.3, 0.4) is 0 Å². The van der Waals surface area contributed by atoms with Gasteiger partial charge in [0.25, 0.3) is 0 Å². The van der Waals surface area contributed by atoms with Crippen LogP contribution < -0.4 is 5.32 Å². The molecule has 142 valence electrons. The van der Waals surface area contributed by atoms with E-state index in [0.29, 0.717) is 16.8 Å². The molecule has 1 aromatic carbocycles. The van der Waals surface area contributed by atoms with E-state index >= 15 is 0 Å². The lowest BCUT2D eigenvalue weighted by molar-refractivity contribution is 0.00791. The summed E-state index contributed by atoms with van der Waals surface area (Å²) < 4.78 is 6.11. The molecule has 1 aliphatic carbocycles. The largest absolute Gasteiger partial charge is 0.379 e. The first kappa shape index (κ1) is 17.4. The summed E-state index contributed by atoms with van der Waals surface area (Å²) in [5.74, 6) is 0.930. The third kappa shape index (κ3) is 3.44. The normalized spacial score (nSPS) is 24.5. The number of hydrogen-bond acceptors (Lipinski definition) is 5. The van der Waals surface area contributed by atoms with Gasteiger partial charge in [0.2, 0.25) is 4.73 Å². The first-order valence-electron chi connectivity index (χ1n) is 9.80. The smallest absolute Gasteiger partial charge is 0.200 e. The fourth-order valence-corrected chi connectivity index (χ4v) is 4.90. The zero-order chi connectivity index (χ0) is 18.2. The van der Waals surface area contributed by atoms with Crippen LogP contribution in [0.1, 0.15) is 25.7 Å². The lowest BCUT2D eigenvalue weighted by Crippen LogP contribution is -2.46. The van der Waals surface area contributed by atoms with Crippen molar-refractivity contribution in [3.8, 4) is 0 Å². The predicted molar refractivity (Wildman–Crippen MR) is 111 cm³/mol. The van der Waals surface area contributed by atoms with Crippen LogP contribution in [0, 0.1) is 0 Å². The molecule has 2 N–H and O–H groups in total. The summed E-state index contributed by atoms with van der Waals surface area (Å²) in [5.41, 5.74) is 1.97. The summed E-state index contributed by atoms with van der Waals surface area (Å²) in [6.07, 6.45) is 4.82. The molecule has 0 radical (unpaired) electrons. The lowest BCUT2D eigenvalue weighted by atomic mass is 9.90. The second-order valence-corrected chi connectivity index (χ2v) is 8.24. The summed E-state index contributed by atoms with van der Waals surface area (Å²) in [6.45, 7) is 3.92. The molecule has 2 fully saturated rings. The van der Waals surface area contributed by atoms with Crippen LogP contribution in [0.25, 0.3) is 21.9 Å². The van der Waals surface area contributed by atoms with Crippen molar-refractivity contribution in [1.29, 1.82) is 0 Å². The van der Waals surface area contributed by atoms with Crippen molar-refractivity contribution >= 4 is 43.7 Å². The molecule has 0 atom stereocenters. The standard InChI is InChI=1S/C20H24BrN5O/c21-20-24-18(17-15-3-1-2-4-16(15)23-19(17)25-20)22-13-5-7-14(8-6-13)26-9-11-27-12-10-26/h1-4,13-14H,5-12H2,(H2,22,23,24,25)/t13-,14-. The van der Waals surface area contributed by atoms with E-state index in [1.807, 2.05) is 6.07 Å². The third-order valence-electron chi connectivity index (χ3n) is 5.93. The first-order chi connectivity index (χ1) is 13.3. The minimum Gasteiger partial charge on any atom is -0.379 e. The Morgan fingerprint density at radius 2 is 1.85 bits per heavy atom. The number of nitrogens with one attached hydrogen (secondary N) is 2. The maximum Gasteiger partial charge on any atom is 0.200 e. The average Bonchev–Trinajstić information content (AvgIpc) is 3.07. The number of anilines is 1. The second-order valence-electron chi connectivity index (χ2n) is 7.53. The summed E-state index contributed by atoms with van der Waals surface area (Å²) in [5, 5.41) is 5.98. The van der Waals surface area contributed by atoms with Crippen molar-refractivity contribution < 1.29 is 4.74 Å². The van der Waals surface area contributed by atoms with Gasteiger partial charge in [0.15, 0.2) is 0 Å². The van der Waals surface area contributed by atoms with Gasteiger partial charge in [-0.05, 0) is 47.7 Å². The van der Waals surface area contributed by atoms with Crippen LogP contribution in [0.4, 0.5) is 5.82 Å². The van der Waals surface area contributed by atoms with E-state index in [9.17, 15) is 0 Å². The van der Waals surface area contributed by atoms with Crippen molar-refractivity contribution in [1.82, 2.24) is 19.9 Å². The average molecular weight is 430 g/mol. The number of H-pyrrole nitrogens is 1. The van der Waals surface area contributed by atoms with Crippen LogP contribution in [0.2, 0.25) is 0 Å². The van der Waals surface area contributed by atoms with E-state index in [2.05, 4.69) is 59.3 Å². The number of para-hydroxylation sites is 1. The van der Waals surface area contributed by atoms with Crippen molar-refractivity contribution in [3.63, 3.8) is 0 Å². The molecule has 7 heteroatoms. The Bertz CT molecular complexity index is 944. The highest BCUT2D eigenvalue weighted by Crippen LogP contribution is 2.33. The number of rotatable bonds is 3. The lowest BCUT2D eigenvalue weighted by Gasteiger charge is -2.39. The molecule has 2 aromatic heterocycles. The van der Waals surface area contributed by atoms with E-state index in [1.54, 1.807) is 0 Å². The van der Waals surface area contributed by atoms with Crippen molar-refractivity contribution in [2.75, 3.05) is 31.6 Å². The van der Waals surface area contributed by atoms with Gasteiger partial charge in [0, 0.05) is 36.1 Å². The molecule has 27 heavy (non-hydrogen) atoms. The molecule has 6 nitrogen and oxygen atoms in total. The molecule has 3 heterocycles. The molecule has 5 rings (SSSR count). The fourth-order valence-electron chi connectivity index (χ4n) is 4.54. The number of ether oxygens (including phenoxy) is 1. The summed E-state index contributed by atoms with van der Waals surface area (Å²) in [7, 11) is 0. The molecule has 3 aromatic rings. The molecule has 0 bridgehead atoms. The quantitative estimate of drug-likeness (QED) is 0.617. The molecule has 0 unspecified atom stereocenters. The highest BCUT2D eigenvalue weighted by Gasteiger charge is 2.27. The number of nitrogens with zero attached hydrogens (tertiary/aromatic N) is 3. The van der Waals surface area contributed by atoms with Crippen LogP contribution >= 0.6 is 15.9 Å². The van der Waals surface area contributed by atoms with E-state index in [0.717, 1.165) is 48.7 Å². The summed E-state index contributed by atoms with van der Waals surface area (Å²) in [4.78, 5) is 15.2. The van der Waals surface area contributed by atoms with Gasteiger partial charge in [-0.15, -0.1) is 0 Å². The van der Waals surface area contributed by atoms with Gasteiger partial charge in [-0.25, -0.2) is 9.97 Å². The molecule has 0 spiro atoms. The Kier molecular flexibility index (Phi) is 4.75. The van der Waals surface area contributed by atoms with Crippen molar-refractivity contribution in [2.45, 2.75) is 37.8 Å². The Hall–Kier alpha value is -1.70. The number of aromatic nitrogens is 3. The number of hydrogen-bond donors (Lipinski definition) is 2. The zero-order valence-corrected chi connectivity index (χ0v) is 16.8. The fraction of sp³-hybridized carbons (Fsp3) is 0.500. The first-order valence-corrected chi connectivity index (χ1v) is 10.6. The maximum absolute atomic E-state index is 5.49. The number of fused-ring (bicyclic) bond motifs is 3. The van der Waals surface area contributed by atoms with Crippen LogP contribution in [-0.2, 0) is 4.74 Å². The van der Waals surface area contributed by atoms with Gasteiger partial charge in [-0.2, -0.15) is 0 Å². The van der Waals surface area contributed by atoms with Crippen molar-refractivity contribution in [3.05, 3.63) is 29.0 Å². The Morgan fingerprint density at radius 3 is 2.67 bits per heavy atom. The highest BCUT2D eigenvalue weighted by molar-refractivity contribution is 9.10. The predicted octanol–water partition coefficient (Wildman–Crippen LogP) is 3.93. The summed E-state index contributed by atoms with van der Waals surface area (Å²) >= 11 is 3.47. The minimum absolute atomic E-state index is 0.459. The SMILES string of the molecule is Brc1nc(N[C@H]2CC[C@H](N3CCOCC3)CC2)c2c(n1)[nH]c1ccccc12. The van der Waals surface area contributed by atoms with E-state index < -0.39 is 0 Å². The minimum atomic E-state index is 0.459. The van der Waals surface area contributed by atoms with E-state index in [-0.39, 0.29) is 0 Å². The van der Waals surface area contributed by atoms with E-state index in [4.69, 9.17) is 4.74 Å². The second kappa shape index (κ2) is 7.37. The van der Waals surface area contributed by atoms with Gasteiger partial charge in [0.05, 0.1) is 18.6 Å². The number of aromatic amines is 1. The van der Waals surface area contributed by atoms with Gasteiger partial charge in [-0.3, -0.25) is 4.90 Å². The van der Waals surface area contributed by atoms with Crippen molar-refractivity contribution in [2.24, 2.45) is 0 Å². The van der Waals surface area contributed by atoms with Gasteiger partial charge in [0.1, 0.15) is 11.5 Å². The Balaban J connectivity index is 1.36. The molecular weight excluding hydrogens is 406 g/mol. The molecule has 0 amide bonds. The van der Waals surface area contributed by atoms with Crippen LogP contribution in [0.5, 0.6) is 0 Å². The number of benzene rings is 1. The monoisotopic (exact) mass is 429 g/mol. The molecule has 1 aliphatic heterocycles. The van der Waals surface area contributed by atoms with Gasteiger partial charge in [-0.1, -0.05) is 18.2 Å². The van der Waals surface area contributed by atoms with Gasteiger partial charge >= 0.3 is 0 Å². The van der Waals surface area contributed by atoms with Crippen LogP contribution in [-0.4, -0.2) is 58.2 Å². The Labute approximate surface area is 166 Å². The molecule has 2 aliphatic rings. The topological polar surface area (TPSA) is 66.1 Å². The Morgan fingerprint density at radius 1 is 1.07 bits per heavy atom.